The van der Waals surface area contributed by atoms with Crippen LogP contribution in [0.4, 0.5) is 5.82 Å². The van der Waals surface area contributed by atoms with Gasteiger partial charge in [0.2, 0.25) is 0 Å². The lowest BCUT2D eigenvalue weighted by Gasteiger charge is -2.04. The second-order valence-electron chi connectivity index (χ2n) is 3.47. The molecule has 0 aliphatic rings. The van der Waals surface area contributed by atoms with Gasteiger partial charge in [-0.05, 0) is 29.6 Å². The molecule has 0 unspecified atom stereocenters. The summed E-state index contributed by atoms with van der Waals surface area (Å²) in [6, 6.07) is 4.12. The fraction of sp³-hybridized carbons (Fsp3) is 0.364. The maximum atomic E-state index is 4.36. The third-order valence-electron chi connectivity index (χ3n) is 2.08. The zero-order valence-electron chi connectivity index (χ0n) is 9.59. The highest BCUT2D eigenvalue weighted by atomic mass is 32.2. The van der Waals surface area contributed by atoms with Crippen molar-refractivity contribution in [1.29, 1.82) is 0 Å². The normalized spacial score (nSPS) is 10.4. The van der Waals surface area contributed by atoms with E-state index in [-0.39, 0.29) is 0 Å². The van der Waals surface area contributed by atoms with Crippen LogP contribution < -0.4 is 5.32 Å². The van der Waals surface area contributed by atoms with Crippen LogP contribution >= 0.6 is 23.3 Å². The average molecular weight is 266 g/mol. The van der Waals surface area contributed by atoms with E-state index < -0.39 is 0 Å². The summed E-state index contributed by atoms with van der Waals surface area (Å²) in [6.45, 7) is 3.10. The summed E-state index contributed by atoms with van der Waals surface area (Å²) in [5.74, 6) is 1.83. The summed E-state index contributed by atoms with van der Waals surface area (Å²) >= 11 is 3.11. The molecule has 0 atom stereocenters. The number of rotatable bonds is 6. The molecule has 0 aromatic carbocycles. The Labute approximate surface area is 109 Å². The van der Waals surface area contributed by atoms with Crippen LogP contribution in [0.1, 0.15) is 18.9 Å². The van der Waals surface area contributed by atoms with Crippen LogP contribution in [0.5, 0.6) is 0 Å². The summed E-state index contributed by atoms with van der Waals surface area (Å²) in [6.07, 6.45) is 4.60. The van der Waals surface area contributed by atoms with Crippen molar-refractivity contribution in [3.8, 4) is 0 Å². The Morgan fingerprint density at radius 3 is 2.94 bits per heavy atom. The van der Waals surface area contributed by atoms with Crippen LogP contribution in [0.2, 0.25) is 0 Å². The topological polar surface area (TPSA) is 50.7 Å². The van der Waals surface area contributed by atoms with Gasteiger partial charge in [0.1, 0.15) is 12.1 Å². The standard InChI is InChI=1S/C11H14N4S2/c1-2-5-12-10-4-3-9(6-13-10)7-16-11-14-8-15-17-11/h3-4,6,8H,2,5,7H2,1H3,(H,12,13). The summed E-state index contributed by atoms with van der Waals surface area (Å²) in [7, 11) is 0. The summed E-state index contributed by atoms with van der Waals surface area (Å²) in [5.41, 5.74) is 1.20. The van der Waals surface area contributed by atoms with Crippen LogP contribution in [0.3, 0.4) is 0 Å². The SMILES string of the molecule is CCCNc1ccc(CSc2ncns2)cn1. The van der Waals surface area contributed by atoms with Gasteiger partial charge in [-0.15, -0.1) is 0 Å². The lowest BCUT2D eigenvalue weighted by atomic mass is 10.3. The summed E-state index contributed by atoms with van der Waals surface area (Å²) in [5, 5.41) is 3.25. The highest BCUT2D eigenvalue weighted by molar-refractivity contribution is 8.00. The molecule has 6 heteroatoms. The molecule has 0 aliphatic heterocycles. The molecule has 1 N–H and O–H groups in total. The van der Waals surface area contributed by atoms with Crippen molar-refractivity contribution in [2.24, 2.45) is 0 Å². The zero-order valence-corrected chi connectivity index (χ0v) is 11.2. The van der Waals surface area contributed by atoms with Crippen LogP contribution in [0.15, 0.2) is 29.0 Å². The van der Waals surface area contributed by atoms with E-state index in [1.54, 1.807) is 18.1 Å². The van der Waals surface area contributed by atoms with Gasteiger partial charge in [-0.1, -0.05) is 24.8 Å². The maximum absolute atomic E-state index is 4.36. The van der Waals surface area contributed by atoms with Gasteiger partial charge in [-0.3, -0.25) is 0 Å². The number of pyridine rings is 1. The molecular weight excluding hydrogens is 252 g/mol. The molecule has 17 heavy (non-hydrogen) atoms. The Bertz CT molecular complexity index is 427. The molecular formula is C11H14N4S2. The number of anilines is 1. The van der Waals surface area contributed by atoms with Crippen molar-refractivity contribution >= 4 is 29.1 Å². The summed E-state index contributed by atoms with van der Waals surface area (Å²) < 4.78 is 4.96. The molecule has 2 heterocycles. The number of nitrogens with zero attached hydrogens (tertiary/aromatic N) is 3. The maximum Gasteiger partial charge on any atom is 0.170 e. The molecule has 0 saturated heterocycles. The first-order chi connectivity index (χ1) is 8.38. The van der Waals surface area contributed by atoms with Gasteiger partial charge in [0.05, 0.1) is 0 Å². The van der Waals surface area contributed by atoms with E-state index in [4.69, 9.17) is 0 Å². The van der Waals surface area contributed by atoms with Gasteiger partial charge in [0.25, 0.3) is 0 Å². The Kier molecular flexibility index (Phi) is 4.75. The molecule has 0 amide bonds. The van der Waals surface area contributed by atoms with Gasteiger partial charge < -0.3 is 5.32 Å². The molecule has 0 saturated carbocycles. The van der Waals surface area contributed by atoms with Crippen molar-refractivity contribution in [3.05, 3.63) is 30.2 Å². The molecule has 90 valence electrons. The number of hydrogen-bond acceptors (Lipinski definition) is 6. The van der Waals surface area contributed by atoms with Crippen LogP contribution in [0.25, 0.3) is 0 Å². The lowest BCUT2D eigenvalue weighted by Crippen LogP contribution is -2.01. The highest BCUT2D eigenvalue weighted by Gasteiger charge is 2.00. The van der Waals surface area contributed by atoms with Gasteiger partial charge in [0.15, 0.2) is 4.34 Å². The third kappa shape index (κ3) is 3.98. The minimum absolute atomic E-state index is 0.885. The predicted molar refractivity (Wildman–Crippen MR) is 72.5 cm³/mol. The quantitative estimate of drug-likeness (QED) is 0.814. The van der Waals surface area contributed by atoms with E-state index in [9.17, 15) is 0 Å². The largest absolute Gasteiger partial charge is 0.370 e. The van der Waals surface area contributed by atoms with Crippen molar-refractivity contribution in [1.82, 2.24) is 14.3 Å². The number of hydrogen-bond donors (Lipinski definition) is 1. The van der Waals surface area contributed by atoms with Crippen LogP contribution in [-0.2, 0) is 5.75 Å². The van der Waals surface area contributed by atoms with Crippen LogP contribution in [0, 0.1) is 0 Å². The smallest absolute Gasteiger partial charge is 0.170 e. The Balaban J connectivity index is 1.85. The van der Waals surface area contributed by atoms with Crippen molar-refractivity contribution in [2.45, 2.75) is 23.4 Å². The molecule has 0 bridgehead atoms. The fourth-order valence-corrected chi connectivity index (χ4v) is 2.62. The predicted octanol–water partition coefficient (Wildman–Crippen LogP) is 3.05. The van der Waals surface area contributed by atoms with Crippen molar-refractivity contribution < 1.29 is 0 Å². The second kappa shape index (κ2) is 6.56. The van der Waals surface area contributed by atoms with Gasteiger partial charge in [0, 0.05) is 18.5 Å². The molecule has 2 rings (SSSR count). The van der Waals surface area contributed by atoms with Crippen molar-refractivity contribution in [3.63, 3.8) is 0 Å². The Morgan fingerprint density at radius 1 is 1.35 bits per heavy atom. The zero-order chi connectivity index (χ0) is 11.9. The Morgan fingerprint density at radius 2 is 2.29 bits per heavy atom. The van der Waals surface area contributed by atoms with E-state index in [2.05, 4.69) is 32.6 Å². The molecule has 0 fully saturated rings. The molecule has 0 radical (unpaired) electrons. The monoisotopic (exact) mass is 266 g/mol. The molecule has 0 spiro atoms. The second-order valence-corrected chi connectivity index (χ2v) is 5.48. The van der Waals surface area contributed by atoms with Gasteiger partial charge >= 0.3 is 0 Å². The Hall–Kier alpha value is -1.14. The molecule has 2 aromatic rings. The van der Waals surface area contributed by atoms with Gasteiger partial charge in [-0.25, -0.2) is 9.97 Å². The number of aromatic nitrogens is 3. The lowest BCUT2D eigenvalue weighted by molar-refractivity contribution is 0.968. The first kappa shape index (κ1) is 12.3. The first-order valence-electron chi connectivity index (χ1n) is 5.46. The van der Waals surface area contributed by atoms with Crippen LogP contribution in [-0.4, -0.2) is 20.9 Å². The van der Waals surface area contributed by atoms with E-state index >= 15 is 0 Å². The minimum atomic E-state index is 0.885. The number of nitrogens with one attached hydrogen (secondary N) is 1. The number of thioether (sulfide) groups is 1. The summed E-state index contributed by atoms with van der Waals surface area (Å²) in [4.78, 5) is 8.49. The third-order valence-corrected chi connectivity index (χ3v) is 3.95. The fourth-order valence-electron chi connectivity index (χ4n) is 1.24. The highest BCUT2D eigenvalue weighted by Crippen LogP contribution is 2.22. The molecule has 2 aromatic heterocycles. The van der Waals surface area contributed by atoms with E-state index in [1.165, 1.54) is 17.1 Å². The molecule has 0 aliphatic carbocycles. The van der Waals surface area contributed by atoms with Crippen molar-refractivity contribution in [2.75, 3.05) is 11.9 Å². The van der Waals surface area contributed by atoms with E-state index in [1.807, 2.05) is 12.3 Å². The molecule has 4 nitrogen and oxygen atoms in total. The van der Waals surface area contributed by atoms with E-state index in [0.29, 0.717) is 0 Å². The minimum Gasteiger partial charge on any atom is -0.370 e. The van der Waals surface area contributed by atoms with Gasteiger partial charge in [-0.2, -0.15) is 4.37 Å². The first-order valence-corrected chi connectivity index (χ1v) is 7.22. The average Bonchev–Trinajstić information content (AvgIpc) is 2.88. The van der Waals surface area contributed by atoms with E-state index in [0.717, 1.165) is 28.9 Å².